The number of carbonyl (C=O) groups is 2. The predicted octanol–water partition coefficient (Wildman–Crippen LogP) is 3.35. The molecule has 0 saturated heterocycles. The molecule has 30 heavy (non-hydrogen) atoms. The van der Waals surface area contributed by atoms with Crippen molar-refractivity contribution in [3.63, 3.8) is 0 Å². The molecular formula is C18H13BrN6O5. The second-order valence-electron chi connectivity index (χ2n) is 5.74. The lowest BCUT2D eigenvalue weighted by Crippen LogP contribution is -2.30. The van der Waals surface area contributed by atoms with Gasteiger partial charge in [-0.25, -0.2) is 14.8 Å². The summed E-state index contributed by atoms with van der Waals surface area (Å²) in [5.74, 6) is -2.01. The summed E-state index contributed by atoms with van der Waals surface area (Å²) in [6.45, 7) is 0. The van der Waals surface area contributed by atoms with E-state index in [4.69, 9.17) is 5.11 Å². The van der Waals surface area contributed by atoms with Crippen LogP contribution in [0.15, 0.2) is 59.3 Å². The molecule has 12 heteroatoms. The third-order valence-electron chi connectivity index (χ3n) is 3.81. The predicted molar refractivity (Wildman–Crippen MR) is 111 cm³/mol. The Labute approximate surface area is 177 Å². The van der Waals surface area contributed by atoms with Crippen LogP contribution in [0, 0.1) is 10.1 Å². The summed E-state index contributed by atoms with van der Waals surface area (Å²) in [5, 5.41) is 23.3. The number of nitrogens with one attached hydrogen (secondary N) is 3. The number of hydrogen-bond acceptors (Lipinski definition) is 8. The summed E-state index contributed by atoms with van der Waals surface area (Å²) < 4.78 is 0.550. The normalized spacial score (nSPS) is 10.2. The van der Waals surface area contributed by atoms with Crippen LogP contribution in [-0.2, 0) is 0 Å². The number of carbonyl (C=O) groups excluding carboxylic acids is 1. The summed E-state index contributed by atoms with van der Waals surface area (Å²) in [6.07, 6.45) is 1.08. The lowest BCUT2D eigenvalue weighted by atomic mass is 10.2. The van der Waals surface area contributed by atoms with Crippen molar-refractivity contribution in [2.24, 2.45) is 0 Å². The van der Waals surface area contributed by atoms with Crippen LogP contribution in [0.4, 0.5) is 23.0 Å². The standard InChI is InChI=1S/C18H13BrN6O5/c19-13-4-2-1-3-12(13)17(26)24-23-16-14(25(29)30)15(20-9-21-16)22-11-7-5-10(6-8-11)18(27)28/h1-9H,(H,24,26)(H,27,28)(H2,20,21,22,23). The third-order valence-corrected chi connectivity index (χ3v) is 4.50. The molecule has 1 amide bonds. The Balaban J connectivity index is 1.82. The van der Waals surface area contributed by atoms with E-state index in [0.29, 0.717) is 15.7 Å². The number of nitro groups is 1. The highest BCUT2D eigenvalue weighted by molar-refractivity contribution is 9.10. The van der Waals surface area contributed by atoms with Crippen molar-refractivity contribution in [2.45, 2.75) is 0 Å². The molecule has 3 rings (SSSR count). The van der Waals surface area contributed by atoms with Gasteiger partial charge in [-0.2, -0.15) is 0 Å². The zero-order valence-electron chi connectivity index (χ0n) is 15.0. The molecule has 0 atom stereocenters. The van der Waals surface area contributed by atoms with Crippen LogP contribution in [0.3, 0.4) is 0 Å². The monoisotopic (exact) mass is 472 g/mol. The minimum absolute atomic E-state index is 0.0647. The lowest BCUT2D eigenvalue weighted by Gasteiger charge is -2.11. The molecule has 4 N–H and O–H groups in total. The van der Waals surface area contributed by atoms with Crippen LogP contribution in [0.5, 0.6) is 0 Å². The number of carboxylic acids is 1. The van der Waals surface area contributed by atoms with Gasteiger partial charge in [0.1, 0.15) is 6.33 Å². The van der Waals surface area contributed by atoms with Gasteiger partial charge in [0.15, 0.2) is 0 Å². The van der Waals surface area contributed by atoms with E-state index in [2.05, 4.69) is 42.1 Å². The van der Waals surface area contributed by atoms with Crippen molar-refractivity contribution in [1.82, 2.24) is 15.4 Å². The minimum Gasteiger partial charge on any atom is -0.478 e. The average molecular weight is 473 g/mol. The molecule has 0 bridgehead atoms. The SMILES string of the molecule is O=C(O)c1ccc(Nc2ncnc(NNC(=O)c3ccccc3Br)c2[N+](=O)[O-])cc1. The zero-order valence-corrected chi connectivity index (χ0v) is 16.6. The molecule has 0 aliphatic rings. The number of benzene rings is 2. The van der Waals surface area contributed by atoms with Gasteiger partial charge in [-0.15, -0.1) is 0 Å². The fourth-order valence-electron chi connectivity index (χ4n) is 2.40. The van der Waals surface area contributed by atoms with Gasteiger partial charge >= 0.3 is 11.7 Å². The van der Waals surface area contributed by atoms with E-state index in [0.717, 1.165) is 6.33 Å². The number of aromatic nitrogens is 2. The average Bonchev–Trinajstić information content (AvgIpc) is 2.72. The van der Waals surface area contributed by atoms with Crippen LogP contribution < -0.4 is 16.2 Å². The topological polar surface area (TPSA) is 159 Å². The molecule has 3 aromatic rings. The third kappa shape index (κ3) is 4.67. The van der Waals surface area contributed by atoms with Gasteiger partial charge in [0.2, 0.25) is 11.6 Å². The first-order valence-electron chi connectivity index (χ1n) is 8.27. The maximum atomic E-state index is 12.3. The summed E-state index contributed by atoms with van der Waals surface area (Å²) >= 11 is 3.25. The van der Waals surface area contributed by atoms with Crippen molar-refractivity contribution < 1.29 is 19.6 Å². The zero-order chi connectivity index (χ0) is 21.7. The highest BCUT2D eigenvalue weighted by Gasteiger charge is 2.24. The number of carboxylic acid groups (broad SMARTS) is 1. The Bertz CT molecular complexity index is 1120. The van der Waals surface area contributed by atoms with Gasteiger partial charge in [-0.05, 0) is 52.3 Å². The van der Waals surface area contributed by atoms with E-state index in [1.54, 1.807) is 24.3 Å². The van der Waals surface area contributed by atoms with E-state index in [-0.39, 0.29) is 17.2 Å². The highest BCUT2D eigenvalue weighted by Crippen LogP contribution is 2.30. The van der Waals surface area contributed by atoms with Crippen molar-refractivity contribution in [3.05, 3.63) is 80.6 Å². The number of hydrazine groups is 1. The number of aromatic carboxylic acids is 1. The largest absolute Gasteiger partial charge is 0.478 e. The Morgan fingerprint density at radius 1 is 1.03 bits per heavy atom. The molecule has 2 aromatic carbocycles. The van der Waals surface area contributed by atoms with Gasteiger partial charge in [-0.3, -0.25) is 25.8 Å². The number of anilines is 3. The van der Waals surface area contributed by atoms with Crippen LogP contribution in [0.2, 0.25) is 0 Å². The number of amides is 1. The Morgan fingerprint density at radius 2 is 1.70 bits per heavy atom. The molecule has 0 saturated carbocycles. The number of rotatable bonds is 7. The fourth-order valence-corrected chi connectivity index (χ4v) is 2.86. The van der Waals surface area contributed by atoms with Gasteiger partial charge in [0, 0.05) is 10.2 Å². The first-order chi connectivity index (χ1) is 14.4. The van der Waals surface area contributed by atoms with Crippen molar-refractivity contribution in [1.29, 1.82) is 0 Å². The lowest BCUT2D eigenvalue weighted by molar-refractivity contribution is -0.383. The van der Waals surface area contributed by atoms with Crippen LogP contribution in [0.1, 0.15) is 20.7 Å². The molecule has 152 valence electrons. The Kier molecular flexibility index (Phi) is 6.17. The van der Waals surface area contributed by atoms with Gasteiger partial charge in [0.05, 0.1) is 16.1 Å². The molecule has 0 aliphatic carbocycles. The second kappa shape index (κ2) is 8.96. The van der Waals surface area contributed by atoms with Gasteiger partial charge in [0.25, 0.3) is 5.91 Å². The van der Waals surface area contributed by atoms with E-state index in [1.165, 1.54) is 24.3 Å². The van der Waals surface area contributed by atoms with E-state index in [9.17, 15) is 19.7 Å². The molecule has 0 aliphatic heterocycles. The highest BCUT2D eigenvalue weighted by atomic mass is 79.9. The van der Waals surface area contributed by atoms with Crippen LogP contribution in [0.25, 0.3) is 0 Å². The maximum absolute atomic E-state index is 12.3. The number of hydrogen-bond donors (Lipinski definition) is 4. The molecule has 0 spiro atoms. The quantitative estimate of drug-likeness (QED) is 0.298. The van der Waals surface area contributed by atoms with E-state index in [1.807, 2.05) is 0 Å². The Morgan fingerprint density at radius 3 is 2.33 bits per heavy atom. The van der Waals surface area contributed by atoms with E-state index >= 15 is 0 Å². The number of nitrogens with zero attached hydrogens (tertiary/aromatic N) is 3. The molecule has 1 heterocycles. The second-order valence-corrected chi connectivity index (χ2v) is 6.60. The molecular weight excluding hydrogens is 460 g/mol. The fraction of sp³-hybridized carbons (Fsp3) is 0. The van der Waals surface area contributed by atoms with E-state index < -0.39 is 22.5 Å². The summed E-state index contributed by atoms with van der Waals surface area (Å²) in [4.78, 5) is 41.8. The molecule has 1 aromatic heterocycles. The van der Waals surface area contributed by atoms with Gasteiger partial charge in [-0.1, -0.05) is 12.1 Å². The maximum Gasteiger partial charge on any atom is 0.355 e. The number of halogens is 1. The van der Waals surface area contributed by atoms with Crippen LogP contribution in [-0.4, -0.2) is 31.9 Å². The first-order valence-corrected chi connectivity index (χ1v) is 9.06. The first kappa shape index (κ1) is 20.7. The minimum atomic E-state index is -1.10. The van der Waals surface area contributed by atoms with Crippen molar-refractivity contribution in [2.75, 3.05) is 10.7 Å². The van der Waals surface area contributed by atoms with Crippen molar-refractivity contribution in [3.8, 4) is 0 Å². The Hall–Kier alpha value is -4.06. The molecule has 0 unspecified atom stereocenters. The summed E-state index contributed by atoms with van der Waals surface area (Å²) in [5.41, 5.74) is 5.05. The van der Waals surface area contributed by atoms with Gasteiger partial charge < -0.3 is 10.4 Å². The smallest absolute Gasteiger partial charge is 0.355 e. The molecule has 0 radical (unpaired) electrons. The summed E-state index contributed by atoms with van der Waals surface area (Å²) in [6, 6.07) is 12.2. The molecule has 0 fully saturated rings. The summed E-state index contributed by atoms with van der Waals surface area (Å²) in [7, 11) is 0. The molecule has 11 nitrogen and oxygen atoms in total. The van der Waals surface area contributed by atoms with Crippen molar-refractivity contribution >= 4 is 50.8 Å². The van der Waals surface area contributed by atoms with Crippen LogP contribution >= 0.6 is 15.9 Å².